The van der Waals surface area contributed by atoms with Crippen LogP contribution in [0.2, 0.25) is 0 Å². The Labute approximate surface area is 268 Å². The van der Waals surface area contributed by atoms with Crippen LogP contribution in [0, 0.1) is 47.3 Å². The van der Waals surface area contributed by atoms with Gasteiger partial charge in [0.1, 0.15) is 0 Å². The molecule has 45 heavy (non-hydrogen) atoms. The molecule has 0 aromatic heterocycles. The van der Waals surface area contributed by atoms with Gasteiger partial charge in [0.25, 0.3) is 0 Å². The second kappa shape index (κ2) is 11.1. The van der Waals surface area contributed by atoms with E-state index in [0.717, 1.165) is 44.9 Å². The molecule has 8 heterocycles. The third kappa shape index (κ3) is 4.74. The molecule has 2 saturated carbocycles. The first-order valence-corrected chi connectivity index (χ1v) is 18.1. The minimum absolute atomic E-state index is 0.0162. The highest BCUT2D eigenvalue weighted by Crippen LogP contribution is 2.62. The van der Waals surface area contributed by atoms with Crippen molar-refractivity contribution in [2.75, 3.05) is 6.54 Å². The van der Waals surface area contributed by atoms with Crippen molar-refractivity contribution in [2.45, 2.75) is 160 Å². The Hall–Kier alpha value is -0.850. The number of carbonyl (C=O) groups excluding carboxylic acids is 1. The molecular weight excluding hydrogens is 578 g/mol. The molecule has 10 rings (SSSR count). The van der Waals surface area contributed by atoms with Crippen molar-refractivity contribution in [1.29, 1.82) is 0 Å². The third-order valence-electron chi connectivity index (χ3n) is 14.0. The third-order valence-corrected chi connectivity index (χ3v) is 14.0. The molecule has 10 fully saturated rings. The van der Waals surface area contributed by atoms with Crippen LogP contribution in [0.5, 0.6) is 0 Å². The van der Waals surface area contributed by atoms with Crippen LogP contribution in [0.15, 0.2) is 0 Å². The fourth-order valence-electron chi connectivity index (χ4n) is 11.3. The van der Waals surface area contributed by atoms with Crippen molar-refractivity contribution in [3.8, 4) is 0 Å². The molecule has 254 valence electrons. The Morgan fingerprint density at radius 2 is 1.13 bits per heavy atom. The van der Waals surface area contributed by atoms with E-state index in [4.69, 9.17) is 38.5 Å². The van der Waals surface area contributed by atoms with Crippen molar-refractivity contribution < 1.29 is 43.3 Å². The lowest BCUT2D eigenvalue weighted by atomic mass is 9.57. The number of amides is 1. The number of fused-ring (bicyclic) bond motifs is 4. The summed E-state index contributed by atoms with van der Waals surface area (Å²) in [6.45, 7) is 13.7. The van der Waals surface area contributed by atoms with Gasteiger partial charge in [-0.05, 0) is 101 Å². The number of carbonyl (C=O) groups is 1. The molecule has 8 saturated heterocycles. The quantitative estimate of drug-likeness (QED) is 0.365. The molecule has 0 aromatic carbocycles. The van der Waals surface area contributed by atoms with Gasteiger partial charge in [0, 0.05) is 37.6 Å². The molecule has 0 aromatic rings. The SMILES string of the molecule is C[C@H]1[C@@H](CCNC(=O)CC[C@H]2O[C@@H]3O[C@]4(C)CC[C@H]5[C@H](C)CC[C@@H]([C@H]2C)[C@@]35OO4)O[C@@H]2O[C@]3(C)CC[C@H]4[C@H](C)CC[C@@H]1[C@@]24OO3. The van der Waals surface area contributed by atoms with Crippen molar-refractivity contribution >= 4 is 5.91 Å². The second-order valence-electron chi connectivity index (χ2n) is 16.6. The van der Waals surface area contributed by atoms with Gasteiger partial charge in [0.2, 0.25) is 17.5 Å². The average Bonchev–Trinajstić information content (AvgIpc) is 3.38. The summed E-state index contributed by atoms with van der Waals surface area (Å²) in [7, 11) is 0. The van der Waals surface area contributed by atoms with Gasteiger partial charge in [-0.1, -0.05) is 27.7 Å². The normalized spacial score (nSPS) is 56.5. The van der Waals surface area contributed by atoms with E-state index in [1.165, 1.54) is 12.8 Å². The summed E-state index contributed by atoms with van der Waals surface area (Å²) in [5.41, 5.74) is -1.11. The number of nitrogens with one attached hydrogen (secondary N) is 1. The second-order valence-corrected chi connectivity index (χ2v) is 16.6. The van der Waals surface area contributed by atoms with Gasteiger partial charge in [-0.25, -0.2) is 19.6 Å². The number of rotatable bonds is 6. The molecule has 0 unspecified atom stereocenters. The Balaban J connectivity index is 0.880. The Morgan fingerprint density at radius 3 is 1.64 bits per heavy atom. The first-order chi connectivity index (χ1) is 21.5. The van der Waals surface area contributed by atoms with Crippen LogP contribution in [0.4, 0.5) is 0 Å². The van der Waals surface area contributed by atoms with Gasteiger partial charge < -0.3 is 24.3 Å². The molecule has 10 nitrogen and oxygen atoms in total. The minimum atomic E-state index is -0.785. The van der Waals surface area contributed by atoms with Crippen molar-refractivity contribution in [3.63, 3.8) is 0 Å². The van der Waals surface area contributed by atoms with Crippen LogP contribution in [0.3, 0.4) is 0 Å². The van der Waals surface area contributed by atoms with E-state index < -0.39 is 35.4 Å². The van der Waals surface area contributed by atoms with E-state index in [1.54, 1.807) is 0 Å². The van der Waals surface area contributed by atoms with Crippen LogP contribution in [0.1, 0.15) is 112 Å². The Kier molecular flexibility index (Phi) is 7.74. The van der Waals surface area contributed by atoms with E-state index >= 15 is 0 Å². The Bertz CT molecular complexity index is 1160. The molecule has 16 atom stereocenters. The maximum atomic E-state index is 13.2. The summed E-state index contributed by atoms with van der Waals surface area (Å²) in [5, 5.41) is 3.19. The molecule has 2 spiro atoms. The van der Waals surface area contributed by atoms with Crippen LogP contribution in [-0.2, 0) is 43.3 Å². The monoisotopic (exact) mass is 633 g/mol. The summed E-state index contributed by atoms with van der Waals surface area (Å²) >= 11 is 0. The number of hydrogen-bond acceptors (Lipinski definition) is 9. The van der Waals surface area contributed by atoms with E-state index in [-0.39, 0.29) is 35.9 Å². The van der Waals surface area contributed by atoms with Crippen LogP contribution < -0.4 is 5.32 Å². The molecule has 8 aliphatic heterocycles. The van der Waals surface area contributed by atoms with E-state index in [9.17, 15) is 4.79 Å². The maximum absolute atomic E-state index is 13.2. The van der Waals surface area contributed by atoms with Crippen molar-refractivity contribution in [1.82, 2.24) is 5.32 Å². The first-order valence-electron chi connectivity index (χ1n) is 18.1. The minimum Gasteiger partial charge on any atom is -0.356 e. The van der Waals surface area contributed by atoms with Gasteiger partial charge in [-0.2, -0.15) is 0 Å². The van der Waals surface area contributed by atoms with E-state index in [1.807, 2.05) is 13.8 Å². The fourth-order valence-corrected chi connectivity index (χ4v) is 11.3. The molecular formula is C35H55NO9. The lowest BCUT2D eigenvalue weighted by molar-refractivity contribution is -0.571. The summed E-state index contributed by atoms with van der Waals surface area (Å²) in [6, 6.07) is 0. The lowest BCUT2D eigenvalue weighted by Crippen LogP contribution is -2.70. The molecule has 10 aliphatic rings. The zero-order chi connectivity index (χ0) is 31.4. The zero-order valence-electron chi connectivity index (χ0n) is 28.1. The standard InChI is InChI=1S/C35H55NO9/c1-19-7-9-25-21(3)27(38-30-34(25)23(19)13-16-32(5,40-30)42-44-34)11-12-29(37)36-18-15-28-22(4)26-10-8-20(2)24-14-17-33(6)41-31(39-28)35(24,26)45-43-33/h19-28,30-31H,7-18H2,1-6H3,(H,36,37)/t19-,20-,21-,22-,23+,24+,25+,26+,27-,28-,30-,31-,32+,33+,34-,35-/m1/s1. The highest BCUT2D eigenvalue weighted by atomic mass is 17.3. The van der Waals surface area contributed by atoms with E-state index in [0.29, 0.717) is 49.0 Å². The topological polar surface area (TPSA) is 103 Å². The van der Waals surface area contributed by atoms with Crippen LogP contribution in [0.25, 0.3) is 0 Å². The van der Waals surface area contributed by atoms with Crippen molar-refractivity contribution in [2.24, 2.45) is 47.3 Å². The summed E-state index contributed by atoms with van der Waals surface area (Å²) in [4.78, 5) is 37.6. The molecule has 1 amide bonds. The fraction of sp³-hybridized carbons (Fsp3) is 0.971. The van der Waals surface area contributed by atoms with Gasteiger partial charge in [0.15, 0.2) is 23.8 Å². The highest BCUT2D eigenvalue weighted by molar-refractivity contribution is 5.75. The smallest absolute Gasteiger partial charge is 0.220 e. The van der Waals surface area contributed by atoms with Crippen molar-refractivity contribution in [3.05, 3.63) is 0 Å². The van der Waals surface area contributed by atoms with Gasteiger partial charge >= 0.3 is 0 Å². The van der Waals surface area contributed by atoms with Crippen LogP contribution in [-0.4, -0.2) is 60.0 Å². The van der Waals surface area contributed by atoms with E-state index in [2.05, 4.69) is 33.0 Å². The Morgan fingerprint density at radius 1 is 0.644 bits per heavy atom. The molecule has 10 heteroatoms. The molecule has 2 aliphatic carbocycles. The number of ether oxygens (including phenoxy) is 4. The predicted molar refractivity (Wildman–Crippen MR) is 161 cm³/mol. The maximum Gasteiger partial charge on any atom is 0.220 e. The highest BCUT2D eigenvalue weighted by Gasteiger charge is 2.70. The lowest BCUT2D eigenvalue weighted by Gasteiger charge is -2.60. The van der Waals surface area contributed by atoms with Gasteiger partial charge in [-0.15, -0.1) is 0 Å². The zero-order valence-corrected chi connectivity index (χ0v) is 28.1. The molecule has 4 bridgehead atoms. The van der Waals surface area contributed by atoms with Gasteiger partial charge in [-0.3, -0.25) is 4.79 Å². The summed E-state index contributed by atoms with van der Waals surface area (Å²) in [6.07, 6.45) is 8.98. The molecule has 1 N–H and O–H groups in total. The largest absolute Gasteiger partial charge is 0.356 e. The average molecular weight is 634 g/mol. The molecule has 0 radical (unpaired) electrons. The first kappa shape index (κ1) is 31.4. The summed E-state index contributed by atoms with van der Waals surface area (Å²) < 4.78 is 26.4. The van der Waals surface area contributed by atoms with Gasteiger partial charge in [0.05, 0.1) is 12.2 Å². The predicted octanol–water partition coefficient (Wildman–Crippen LogP) is 5.77. The number of hydrogen-bond donors (Lipinski definition) is 1. The van der Waals surface area contributed by atoms with Crippen LogP contribution >= 0.6 is 0 Å². The summed E-state index contributed by atoms with van der Waals surface area (Å²) in [5.74, 6) is 1.37.